The van der Waals surface area contributed by atoms with Crippen molar-refractivity contribution in [1.29, 1.82) is 0 Å². The zero-order valence-corrected chi connectivity index (χ0v) is 10.7. The van der Waals surface area contributed by atoms with E-state index in [1.807, 2.05) is 0 Å². The van der Waals surface area contributed by atoms with Crippen LogP contribution in [-0.4, -0.2) is 40.5 Å². The van der Waals surface area contributed by atoms with E-state index in [4.69, 9.17) is 0 Å². The van der Waals surface area contributed by atoms with Gasteiger partial charge in [-0.2, -0.15) is 0 Å². The molecule has 0 saturated carbocycles. The first kappa shape index (κ1) is 12.8. The van der Waals surface area contributed by atoms with Crippen molar-refractivity contribution >= 4 is 11.5 Å². The van der Waals surface area contributed by atoms with Crippen molar-refractivity contribution < 1.29 is 4.92 Å². The molecule has 1 N–H and O–H groups in total. The van der Waals surface area contributed by atoms with E-state index in [0.717, 1.165) is 25.1 Å². The van der Waals surface area contributed by atoms with Crippen LogP contribution in [-0.2, 0) is 0 Å². The lowest BCUT2D eigenvalue weighted by molar-refractivity contribution is -0.389. The van der Waals surface area contributed by atoms with E-state index in [0.29, 0.717) is 12.1 Å². The van der Waals surface area contributed by atoms with Crippen LogP contribution in [0.2, 0.25) is 0 Å². The van der Waals surface area contributed by atoms with Crippen LogP contribution in [0.25, 0.3) is 0 Å². The first-order chi connectivity index (χ1) is 8.56. The Kier molecular flexibility index (Phi) is 3.76. The van der Waals surface area contributed by atoms with Crippen LogP contribution in [0, 0.1) is 10.1 Å². The Labute approximate surface area is 106 Å². The van der Waals surface area contributed by atoms with Crippen LogP contribution >= 0.6 is 0 Å². The molecule has 0 bridgehead atoms. The third kappa shape index (κ3) is 2.95. The normalized spacial score (nSPS) is 24.8. The summed E-state index contributed by atoms with van der Waals surface area (Å²) in [6.07, 6.45) is 3.69. The second-order valence-corrected chi connectivity index (χ2v) is 4.86. The molecule has 6 heteroatoms. The van der Waals surface area contributed by atoms with Gasteiger partial charge in [0.1, 0.15) is 0 Å². The van der Waals surface area contributed by atoms with E-state index in [1.54, 1.807) is 6.07 Å². The summed E-state index contributed by atoms with van der Waals surface area (Å²) in [4.78, 5) is 16.2. The van der Waals surface area contributed by atoms with Gasteiger partial charge in [0.05, 0.1) is 5.69 Å². The zero-order valence-electron chi connectivity index (χ0n) is 10.7. The summed E-state index contributed by atoms with van der Waals surface area (Å²) >= 11 is 0. The van der Waals surface area contributed by atoms with Crippen molar-refractivity contribution in [2.45, 2.75) is 31.8 Å². The molecule has 2 atom stereocenters. The maximum atomic E-state index is 10.5. The first-order valence-electron chi connectivity index (χ1n) is 6.13. The Bertz CT molecular complexity index is 421. The average Bonchev–Trinajstić information content (AvgIpc) is 2.34. The number of pyridine rings is 1. The second kappa shape index (κ2) is 5.30. The predicted molar refractivity (Wildman–Crippen MR) is 69.6 cm³/mol. The molecule has 1 aliphatic rings. The molecule has 2 heterocycles. The number of hydrogen-bond donors (Lipinski definition) is 1. The number of likely N-dealkylation sites (tertiary alicyclic amines) is 1. The van der Waals surface area contributed by atoms with E-state index in [2.05, 4.69) is 29.2 Å². The number of rotatable bonds is 3. The third-order valence-electron chi connectivity index (χ3n) is 3.51. The molecule has 18 heavy (non-hydrogen) atoms. The molecule has 0 radical (unpaired) electrons. The van der Waals surface area contributed by atoms with Gasteiger partial charge in [-0.25, -0.2) is 0 Å². The van der Waals surface area contributed by atoms with Crippen molar-refractivity contribution in [2.24, 2.45) is 0 Å². The van der Waals surface area contributed by atoms with Gasteiger partial charge in [0.25, 0.3) is 0 Å². The quantitative estimate of drug-likeness (QED) is 0.655. The number of hydrogen-bond acceptors (Lipinski definition) is 5. The van der Waals surface area contributed by atoms with Crippen LogP contribution < -0.4 is 5.32 Å². The van der Waals surface area contributed by atoms with Gasteiger partial charge < -0.3 is 20.3 Å². The molecular weight excluding hydrogens is 232 g/mol. The van der Waals surface area contributed by atoms with Crippen LogP contribution in [0.15, 0.2) is 18.3 Å². The standard InChI is InChI=1S/C12H18N4O2/c1-9-7-10(5-6-15(9)2)14-11-3-4-12(13-8-11)16(17)18/h3-4,8-10,14H,5-7H2,1-2H3. The molecule has 1 aliphatic heterocycles. The number of piperidine rings is 1. The minimum Gasteiger partial charge on any atom is -0.379 e. The molecular formula is C12H18N4O2. The molecule has 0 spiro atoms. The van der Waals surface area contributed by atoms with Crippen molar-refractivity contribution in [3.8, 4) is 0 Å². The monoisotopic (exact) mass is 250 g/mol. The lowest BCUT2D eigenvalue weighted by atomic mass is 9.99. The highest BCUT2D eigenvalue weighted by Gasteiger charge is 2.22. The fourth-order valence-electron chi connectivity index (χ4n) is 2.24. The number of nitro groups is 1. The topological polar surface area (TPSA) is 71.3 Å². The van der Waals surface area contributed by atoms with E-state index in [9.17, 15) is 10.1 Å². The molecule has 98 valence electrons. The van der Waals surface area contributed by atoms with Crippen molar-refractivity contribution in [2.75, 3.05) is 18.9 Å². The Hall–Kier alpha value is -1.69. The van der Waals surface area contributed by atoms with E-state index >= 15 is 0 Å². The SMILES string of the molecule is CC1CC(Nc2ccc([N+](=O)[O-])nc2)CCN1C. The molecule has 1 aromatic rings. The molecule has 0 aliphatic carbocycles. The molecule has 2 unspecified atom stereocenters. The lowest BCUT2D eigenvalue weighted by Crippen LogP contribution is -2.42. The Morgan fingerprint density at radius 2 is 2.33 bits per heavy atom. The Morgan fingerprint density at radius 1 is 1.56 bits per heavy atom. The Balaban J connectivity index is 1.95. The summed E-state index contributed by atoms with van der Waals surface area (Å²) in [5.41, 5.74) is 0.849. The maximum Gasteiger partial charge on any atom is 0.363 e. The smallest absolute Gasteiger partial charge is 0.363 e. The summed E-state index contributed by atoms with van der Waals surface area (Å²) in [6, 6.07) is 4.12. The molecule has 0 amide bonds. The van der Waals surface area contributed by atoms with Crippen LogP contribution in [0.5, 0.6) is 0 Å². The van der Waals surface area contributed by atoms with E-state index < -0.39 is 4.92 Å². The highest BCUT2D eigenvalue weighted by Crippen LogP contribution is 2.20. The largest absolute Gasteiger partial charge is 0.379 e. The molecule has 0 aromatic carbocycles. The first-order valence-corrected chi connectivity index (χ1v) is 6.13. The molecule has 1 fully saturated rings. The van der Waals surface area contributed by atoms with Gasteiger partial charge in [-0.15, -0.1) is 0 Å². The van der Waals surface area contributed by atoms with Gasteiger partial charge in [0.2, 0.25) is 0 Å². The highest BCUT2D eigenvalue weighted by molar-refractivity contribution is 5.44. The molecule has 6 nitrogen and oxygen atoms in total. The fraction of sp³-hybridized carbons (Fsp3) is 0.583. The Morgan fingerprint density at radius 3 is 2.89 bits per heavy atom. The minimum absolute atomic E-state index is 0.114. The summed E-state index contributed by atoms with van der Waals surface area (Å²) in [5, 5.41) is 13.9. The van der Waals surface area contributed by atoms with Gasteiger partial charge in [0, 0.05) is 24.7 Å². The van der Waals surface area contributed by atoms with Crippen molar-refractivity contribution in [1.82, 2.24) is 9.88 Å². The summed E-state index contributed by atoms with van der Waals surface area (Å²) in [6.45, 7) is 3.28. The van der Waals surface area contributed by atoms with Gasteiger partial charge in [-0.05, 0) is 42.8 Å². The lowest BCUT2D eigenvalue weighted by Gasteiger charge is -2.35. The van der Waals surface area contributed by atoms with Gasteiger partial charge in [-0.1, -0.05) is 0 Å². The number of nitrogens with zero attached hydrogens (tertiary/aromatic N) is 3. The number of anilines is 1. The van der Waals surface area contributed by atoms with E-state index in [-0.39, 0.29) is 5.82 Å². The highest BCUT2D eigenvalue weighted by atomic mass is 16.6. The van der Waals surface area contributed by atoms with Crippen LogP contribution in [0.1, 0.15) is 19.8 Å². The molecule has 2 rings (SSSR count). The van der Waals surface area contributed by atoms with Gasteiger partial charge >= 0.3 is 5.82 Å². The summed E-state index contributed by atoms with van der Waals surface area (Å²) < 4.78 is 0. The van der Waals surface area contributed by atoms with Gasteiger partial charge in [-0.3, -0.25) is 0 Å². The maximum absolute atomic E-state index is 10.5. The van der Waals surface area contributed by atoms with Gasteiger partial charge in [0.15, 0.2) is 6.20 Å². The third-order valence-corrected chi connectivity index (χ3v) is 3.51. The van der Waals surface area contributed by atoms with Crippen molar-refractivity contribution in [3.05, 3.63) is 28.4 Å². The van der Waals surface area contributed by atoms with Crippen molar-refractivity contribution in [3.63, 3.8) is 0 Å². The second-order valence-electron chi connectivity index (χ2n) is 4.86. The summed E-state index contributed by atoms with van der Waals surface area (Å²) in [7, 11) is 2.13. The van der Waals surface area contributed by atoms with Crippen LogP contribution in [0.3, 0.4) is 0 Å². The fourth-order valence-corrected chi connectivity index (χ4v) is 2.24. The van der Waals surface area contributed by atoms with E-state index in [1.165, 1.54) is 12.3 Å². The van der Waals surface area contributed by atoms with Crippen LogP contribution in [0.4, 0.5) is 11.5 Å². The predicted octanol–water partition coefficient (Wildman–Crippen LogP) is 1.88. The molecule has 1 aromatic heterocycles. The number of nitrogens with one attached hydrogen (secondary N) is 1. The summed E-state index contributed by atoms with van der Waals surface area (Å²) in [5.74, 6) is -0.114. The number of aromatic nitrogens is 1. The minimum atomic E-state index is -0.485. The average molecular weight is 250 g/mol. The zero-order chi connectivity index (χ0) is 13.1. The molecule has 1 saturated heterocycles.